The zero-order chi connectivity index (χ0) is 17.8. The average molecular weight is 338 g/mol. The molecule has 6 heteroatoms. The van der Waals surface area contributed by atoms with Crippen LogP contribution in [0.5, 0.6) is 0 Å². The molecule has 0 saturated heterocycles. The van der Waals surface area contributed by atoms with Crippen molar-refractivity contribution in [3.8, 4) is 0 Å². The molecule has 0 fully saturated rings. The van der Waals surface area contributed by atoms with Crippen LogP contribution in [0.3, 0.4) is 0 Å². The number of hydrogen-bond donors (Lipinski definition) is 2. The molecule has 24 heavy (non-hydrogen) atoms. The Hall–Kier alpha value is -1.56. The predicted molar refractivity (Wildman–Crippen MR) is 98.4 cm³/mol. The molecule has 1 aromatic heterocycles. The third-order valence-corrected chi connectivity index (χ3v) is 3.56. The van der Waals surface area contributed by atoms with Gasteiger partial charge in [-0.2, -0.15) is 0 Å². The van der Waals surface area contributed by atoms with Crippen molar-refractivity contribution in [3.63, 3.8) is 0 Å². The quantitative estimate of drug-likeness (QED) is 0.369. The monoisotopic (exact) mass is 338 g/mol. The van der Waals surface area contributed by atoms with E-state index in [1.54, 1.807) is 0 Å². The van der Waals surface area contributed by atoms with Crippen molar-refractivity contribution >= 4 is 5.96 Å². The third-order valence-electron chi connectivity index (χ3n) is 3.56. The fraction of sp³-hybridized carbons (Fsp3) is 0.778. The van der Waals surface area contributed by atoms with Crippen LogP contribution in [0.15, 0.2) is 9.52 Å². The Bertz CT molecular complexity index is 462. The molecule has 138 valence electrons. The summed E-state index contributed by atoms with van der Waals surface area (Å²) in [6, 6.07) is 0. The zero-order valence-corrected chi connectivity index (χ0v) is 15.9. The Morgan fingerprint density at radius 3 is 2.62 bits per heavy atom. The number of rotatable bonds is 11. The molecule has 0 aliphatic carbocycles. The number of aryl methyl sites for hydroxylation is 2. The molecule has 0 aromatic carbocycles. The molecule has 0 spiro atoms. The van der Waals surface area contributed by atoms with Crippen LogP contribution in [-0.2, 0) is 24.1 Å². The number of nitrogens with one attached hydrogen (secondary N) is 2. The van der Waals surface area contributed by atoms with Gasteiger partial charge in [-0.25, -0.2) is 4.99 Å². The largest absolute Gasteiger partial charge is 0.381 e. The molecule has 2 N–H and O–H groups in total. The maximum Gasteiger partial charge on any atom is 0.191 e. The van der Waals surface area contributed by atoms with Crippen LogP contribution >= 0.6 is 0 Å². The predicted octanol–water partition coefficient (Wildman–Crippen LogP) is 2.92. The van der Waals surface area contributed by atoms with Crippen molar-refractivity contribution in [3.05, 3.63) is 17.0 Å². The van der Waals surface area contributed by atoms with E-state index < -0.39 is 0 Å². The van der Waals surface area contributed by atoms with E-state index in [0.717, 1.165) is 68.5 Å². The van der Waals surface area contributed by atoms with Crippen LogP contribution in [-0.4, -0.2) is 37.4 Å². The van der Waals surface area contributed by atoms with Gasteiger partial charge in [0.1, 0.15) is 5.76 Å². The maximum absolute atomic E-state index is 5.60. The van der Waals surface area contributed by atoms with Gasteiger partial charge in [0, 0.05) is 38.3 Å². The number of hydrogen-bond acceptors (Lipinski definition) is 4. The zero-order valence-electron chi connectivity index (χ0n) is 15.9. The molecule has 1 aromatic rings. The van der Waals surface area contributed by atoms with Crippen molar-refractivity contribution in [1.29, 1.82) is 0 Å². The first-order valence-electron chi connectivity index (χ1n) is 9.18. The first kappa shape index (κ1) is 20.5. The Kier molecular flexibility index (Phi) is 10.2. The van der Waals surface area contributed by atoms with Crippen LogP contribution in [0.25, 0.3) is 0 Å². The highest BCUT2D eigenvalue weighted by atomic mass is 16.5. The third kappa shape index (κ3) is 7.34. The van der Waals surface area contributed by atoms with Crippen molar-refractivity contribution in [2.24, 2.45) is 10.9 Å². The minimum absolute atomic E-state index is 0.584. The summed E-state index contributed by atoms with van der Waals surface area (Å²) < 4.78 is 11.0. The Morgan fingerprint density at radius 2 is 2.00 bits per heavy atom. The van der Waals surface area contributed by atoms with E-state index in [0.29, 0.717) is 12.5 Å². The van der Waals surface area contributed by atoms with Gasteiger partial charge in [0.25, 0.3) is 0 Å². The molecule has 0 saturated carbocycles. The second-order valence-electron chi connectivity index (χ2n) is 6.18. The van der Waals surface area contributed by atoms with Gasteiger partial charge >= 0.3 is 0 Å². The number of ether oxygens (including phenoxy) is 1. The van der Waals surface area contributed by atoms with Crippen molar-refractivity contribution < 1.29 is 9.26 Å². The molecule has 0 amide bonds. The van der Waals surface area contributed by atoms with E-state index in [-0.39, 0.29) is 0 Å². The van der Waals surface area contributed by atoms with Crippen molar-refractivity contribution in [1.82, 2.24) is 15.8 Å². The van der Waals surface area contributed by atoms with Gasteiger partial charge in [0.05, 0.1) is 12.2 Å². The minimum atomic E-state index is 0.584. The van der Waals surface area contributed by atoms with Crippen molar-refractivity contribution in [2.45, 2.75) is 60.4 Å². The van der Waals surface area contributed by atoms with Gasteiger partial charge in [-0.3, -0.25) is 0 Å². The lowest BCUT2D eigenvalue weighted by Crippen LogP contribution is -2.38. The smallest absolute Gasteiger partial charge is 0.191 e. The molecule has 0 atom stereocenters. The lowest BCUT2D eigenvalue weighted by Gasteiger charge is -2.12. The first-order chi connectivity index (χ1) is 11.6. The summed E-state index contributed by atoms with van der Waals surface area (Å²) in [5.41, 5.74) is 2.13. The van der Waals surface area contributed by atoms with E-state index >= 15 is 0 Å². The molecule has 1 rings (SSSR count). The summed E-state index contributed by atoms with van der Waals surface area (Å²) in [5, 5.41) is 10.8. The second kappa shape index (κ2) is 11.9. The lowest BCUT2D eigenvalue weighted by atomic mass is 10.1. The summed E-state index contributed by atoms with van der Waals surface area (Å²) in [4.78, 5) is 4.67. The molecular weight excluding hydrogens is 304 g/mol. The number of aliphatic imine (C=N–C) groups is 1. The Labute approximate surface area is 146 Å². The van der Waals surface area contributed by atoms with E-state index in [1.807, 2.05) is 0 Å². The molecule has 6 nitrogen and oxygen atoms in total. The highest BCUT2D eigenvalue weighted by Crippen LogP contribution is 2.16. The number of guanidine groups is 1. The summed E-state index contributed by atoms with van der Waals surface area (Å²) >= 11 is 0. The maximum atomic E-state index is 5.60. The fourth-order valence-electron chi connectivity index (χ4n) is 2.32. The Morgan fingerprint density at radius 1 is 1.21 bits per heavy atom. The van der Waals surface area contributed by atoms with Gasteiger partial charge in [0.15, 0.2) is 5.96 Å². The fourth-order valence-corrected chi connectivity index (χ4v) is 2.32. The van der Waals surface area contributed by atoms with Crippen molar-refractivity contribution in [2.75, 3.05) is 26.3 Å². The summed E-state index contributed by atoms with van der Waals surface area (Å²) in [7, 11) is 0. The van der Waals surface area contributed by atoms with Gasteiger partial charge < -0.3 is 19.9 Å². The molecule has 1 heterocycles. The summed E-state index contributed by atoms with van der Waals surface area (Å²) in [6.45, 7) is 14.4. The van der Waals surface area contributed by atoms with Crippen LogP contribution in [0.1, 0.15) is 58.1 Å². The summed E-state index contributed by atoms with van der Waals surface area (Å²) in [6.07, 6.45) is 2.67. The molecule has 0 aliphatic heterocycles. The van der Waals surface area contributed by atoms with E-state index in [4.69, 9.17) is 9.26 Å². The van der Waals surface area contributed by atoms with E-state index in [2.05, 4.69) is 55.4 Å². The molecule has 0 radical (unpaired) electrons. The minimum Gasteiger partial charge on any atom is -0.381 e. The van der Waals surface area contributed by atoms with E-state index in [9.17, 15) is 0 Å². The second-order valence-corrected chi connectivity index (χ2v) is 6.18. The van der Waals surface area contributed by atoms with Crippen LogP contribution < -0.4 is 10.6 Å². The highest BCUT2D eigenvalue weighted by Gasteiger charge is 2.12. The molecular formula is C18H34N4O2. The number of aromatic nitrogens is 1. The standard InChI is InChI=1S/C18H34N4O2/c1-6-16-15(17(7-2)24-22-16)12-21-18(19-8-3)20-10-9-11-23-13-14(4)5/h14H,6-13H2,1-5H3,(H2,19,20,21). The van der Waals surface area contributed by atoms with Crippen LogP contribution in [0.4, 0.5) is 0 Å². The molecule has 0 unspecified atom stereocenters. The first-order valence-corrected chi connectivity index (χ1v) is 9.18. The highest BCUT2D eigenvalue weighted by molar-refractivity contribution is 5.79. The average Bonchev–Trinajstić information content (AvgIpc) is 2.97. The summed E-state index contributed by atoms with van der Waals surface area (Å²) in [5.74, 6) is 2.35. The SMILES string of the molecule is CCNC(=NCc1c(CC)noc1CC)NCCCOCC(C)C. The van der Waals surface area contributed by atoms with Gasteiger partial charge in [-0.15, -0.1) is 0 Å². The van der Waals surface area contributed by atoms with Crippen LogP contribution in [0, 0.1) is 5.92 Å². The van der Waals surface area contributed by atoms with Gasteiger partial charge in [-0.1, -0.05) is 32.9 Å². The van der Waals surface area contributed by atoms with E-state index in [1.165, 1.54) is 0 Å². The molecule has 0 bridgehead atoms. The normalized spacial score (nSPS) is 12.0. The van der Waals surface area contributed by atoms with Gasteiger partial charge in [0.2, 0.25) is 0 Å². The molecule has 0 aliphatic rings. The Balaban J connectivity index is 2.49. The lowest BCUT2D eigenvalue weighted by molar-refractivity contribution is 0.108. The van der Waals surface area contributed by atoms with Gasteiger partial charge in [-0.05, 0) is 25.7 Å². The topological polar surface area (TPSA) is 71.7 Å². The van der Waals surface area contributed by atoms with Crippen LogP contribution in [0.2, 0.25) is 0 Å². The number of nitrogens with zero attached hydrogens (tertiary/aromatic N) is 2.